The summed E-state index contributed by atoms with van der Waals surface area (Å²) in [6, 6.07) is 18.7. The molecule has 1 amide bonds. The molecule has 6 rings (SSSR count). The van der Waals surface area contributed by atoms with E-state index in [0.29, 0.717) is 0 Å². The van der Waals surface area contributed by atoms with Crippen molar-refractivity contribution >= 4 is 27.5 Å². The zero-order chi connectivity index (χ0) is 18.5. The average Bonchev–Trinajstić information content (AvgIpc) is 2.62. The Balaban J connectivity index is 1.39. The number of benzene rings is 2. The van der Waals surface area contributed by atoms with Crippen molar-refractivity contribution in [3.63, 3.8) is 0 Å². The maximum Gasteiger partial charge on any atom is 0.230 e. The highest BCUT2D eigenvalue weighted by Gasteiger charge is 2.59. The predicted octanol–water partition coefficient (Wildman–Crippen LogP) is 5.95. The summed E-state index contributed by atoms with van der Waals surface area (Å²) in [6.45, 7) is 0. The van der Waals surface area contributed by atoms with Gasteiger partial charge in [0.25, 0.3) is 0 Å². The lowest BCUT2D eigenvalue weighted by atomic mass is 9.49. The predicted molar refractivity (Wildman–Crippen MR) is 113 cm³/mol. The molecule has 4 aliphatic rings. The Labute approximate surface area is 169 Å². The summed E-state index contributed by atoms with van der Waals surface area (Å²) in [5.74, 6) is 1.69. The highest BCUT2D eigenvalue weighted by molar-refractivity contribution is 9.10. The number of carbonyl (C=O) groups excluding carboxylic acids is 1. The third kappa shape index (κ3) is 3.24. The monoisotopic (exact) mass is 423 g/mol. The quantitative estimate of drug-likeness (QED) is 0.604. The zero-order valence-corrected chi connectivity index (χ0v) is 17.2. The largest absolute Gasteiger partial charge is 0.325 e. The van der Waals surface area contributed by atoms with Crippen LogP contribution in [0.5, 0.6) is 0 Å². The van der Waals surface area contributed by atoms with E-state index in [1.807, 2.05) is 12.1 Å². The van der Waals surface area contributed by atoms with Gasteiger partial charge in [-0.15, -0.1) is 0 Å². The third-order valence-electron chi connectivity index (χ3n) is 6.97. The summed E-state index contributed by atoms with van der Waals surface area (Å²) >= 11 is 4.03. The Morgan fingerprint density at radius 1 is 0.963 bits per heavy atom. The van der Waals surface area contributed by atoms with Gasteiger partial charge in [0.2, 0.25) is 5.91 Å². The minimum absolute atomic E-state index is 0.173. The number of anilines is 1. The van der Waals surface area contributed by atoms with E-state index in [2.05, 4.69) is 63.7 Å². The van der Waals surface area contributed by atoms with Gasteiger partial charge in [-0.05, 0) is 74.0 Å². The number of halogens is 1. The minimum Gasteiger partial charge on any atom is -0.325 e. The maximum absolute atomic E-state index is 13.5. The second kappa shape index (κ2) is 6.48. The standard InChI is InChI=1S/C24H26BrNO/c25-24-14-18-10-19(15-24)13-23(12-18,16-24)22(27)26-21-9-5-4-8-20(21)11-17-6-2-1-3-7-17/h1-9,18-19H,10-16H2,(H,26,27)/t18-,19+,23?,24?. The highest BCUT2D eigenvalue weighted by atomic mass is 79.9. The van der Waals surface area contributed by atoms with Crippen molar-refractivity contribution in [1.29, 1.82) is 0 Å². The number of hydrogen-bond donors (Lipinski definition) is 1. The van der Waals surface area contributed by atoms with Crippen molar-refractivity contribution in [1.82, 2.24) is 0 Å². The lowest BCUT2D eigenvalue weighted by Crippen LogP contribution is -2.57. The van der Waals surface area contributed by atoms with Gasteiger partial charge in [-0.3, -0.25) is 4.79 Å². The zero-order valence-electron chi connectivity index (χ0n) is 15.6. The lowest BCUT2D eigenvalue weighted by molar-refractivity contribution is -0.138. The molecule has 2 nitrogen and oxygen atoms in total. The van der Waals surface area contributed by atoms with Crippen LogP contribution in [0.2, 0.25) is 0 Å². The first-order valence-electron chi connectivity index (χ1n) is 10.2. The van der Waals surface area contributed by atoms with Crippen molar-refractivity contribution in [3.8, 4) is 0 Å². The summed E-state index contributed by atoms with van der Waals surface area (Å²) in [5.41, 5.74) is 3.27. The van der Waals surface area contributed by atoms with Crippen LogP contribution in [0, 0.1) is 17.3 Å². The van der Waals surface area contributed by atoms with Crippen LogP contribution in [0.15, 0.2) is 54.6 Å². The first-order valence-corrected chi connectivity index (χ1v) is 11.0. The van der Waals surface area contributed by atoms with Crippen LogP contribution in [-0.2, 0) is 11.2 Å². The lowest BCUT2D eigenvalue weighted by Gasteiger charge is -2.59. The van der Waals surface area contributed by atoms with Gasteiger partial charge in [0, 0.05) is 10.0 Å². The number of hydrogen-bond acceptors (Lipinski definition) is 1. The van der Waals surface area contributed by atoms with Gasteiger partial charge in [-0.2, -0.15) is 0 Å². The molecule has 4 atom stereocenters. The summed E-state index contributed by atoms with van der Waals surface area (Å²) < 4.78 is 0.206. The van der Waals surface area contributed by atoms with Gasteiger partial charge in [-0.1, -0.05) is 64.5 Å². The normalized spacial score (nSPS) is 33.8. The molecule has 27 heavy (non-hydrogen) atoms. The van der Waals surface area contributed by atoms with Gasteiger partial charge >= 0.3 is 0 Å². The molecule has 2 aromatic rings. The van der Waals surface area contributed by atoms with Gasteiger partial charge in [-0.25, -0.2) is 0 Å². The minimum atomic E-state index is -0.173. The molecule has 4 bridgehead atoms. The Morgan fingerprint density at radius 3 is 2.33 bits per heavy atom. The van der Waals surface area contributed by atoms with Crippen LogP contribution in [0.1, 0.15) is 49.7 Å². The van der Waals surface area contributed by atoms with Crippen LogP contribution in [0.4, 0.5) is 5.69 Å². The van der Waals surface area contributed by atoms with E-state index in [4.69, 9.17) is 0 Å². The van der Waals surface area contributed by atoms with E-state index in [-0.39, 0.29) is 15.6 Å². The van der Waals surface area contributed by atoms with Crippen molar-refractivity contribution < 1.29 is 4.79 Å². The molecule has 1 N–H and O–H groups in total. The number of para-hydroxylation sites is 1. The molecule has 0 radical (unpaired) electrons. The molecule has 0 aliphatic heterocycles. The van der Waals surface area contributed by atoms with E-state index in [1.165, 1.54) is 30.4 Å². The maximum atomic E-state index is 13.5. The summed E-state index contributed by atoms with van der Waals surface area (Å²) in [5, 5.41) is 3.35. The molecule has 4 aliphatic carbocycles. The van der Waals surface area contributed by atoms with Crippen LogP contribution >= 0.6 is 15.9 Å². The van der Waals surface area contributed by atoms with Gasteiger partial charge in [0.1, 0.15) is 0 Å². The molecular formula is C24H26BrNO. The number of amides is 1. The van der Waals surface area contributed by atoms with E-state index >= 15 is 0 Å². The molecule has 140 valence electrons. The van der Waals surface area contributed by atoms with Gasteiger partial charge in [0.05, 0.1) is 5.41 Å². The van der Waals surface area contributed by atoms with Crippen molar-refractivity contribution in [3.05, 3.63) is 65.7 Å². The topological polar surface area (TPSA) is 29.1 Å². The highest BCUT2D eigenvalue weighted by Crippen LogP contribution is 2.64. The number of nitrogens with one attached hydrogen (secondary N) is 1. The molecule has 0 aromatic heterocycles. The molecule has 0 spiro atoms. The van der Waals surface area contributed by atoms with Gasteiger partial charge < -0.3 is 5.32 Å². The SMILES string of the molecule is O=C(Nc1ccccc1Cc1ccccc1)C12C[C@@H]3C[C@@H](CC(Br)(C3)C1)C2. The van der Waals surface area contributed by atoms with Crippen molar-refractivity contribution in [2.24, 2.45) is 17.3 Å². The Kier molecular flexibility index (Phi) is 4.19. The van der Waals surface area contributed by atoms with Crippen LogP contribution in [-0.4, -0.2) is 10.2 Å². The number of alkyl halides is 1. The first kappa shape index (κ1) is 17.5. The number of rotatable bonds is 4. The van der Waals surface area contributed by atoms with Gasteiger partial charge in [0.15, 0.2) is 0 Å². The molecule has 0 heterocycles. The van der Waals surface area contributed by atoms with Crippen molar-refractivity contribution in [2.75, 3.05) is 5.32 Å². The second-order valence-corrected chi connectivity index (χ2v) is 10.8. The summed E-state index contributed by atoms with van der Waals surface area (Å²) in [4.78, 5) is 13.5. The smallest absolute Gasteiger partial charge is 0.230 e. The van der Waals surface area contributed by atoms with Crippen molar-refractivity contribution in [2.45, 2.75) is 49.3 Å². The summed E-state index contributed by atoms with van der Waals surface area (Å²) in [6.07, 6.45) is 7.82. The molecule has 2 unspecified atom stereocenters. The molecular weight excluding hydrogens is 398 g/mol. The van der Waals surface area contributed by atoms with E-state index in [9.17, 15) is 4.79 Å². The fourth-order valence-electron chi connectivity index (χ4n) is 6.28. The van der Waals surface area contributed by atoms with E-state index in [1.54, 1.807) is 0 Å². The Hall–Kier alpha value is -1.61. The molecule has 0 saturated heterocycles. The number of carbonyl (C=O) groups is 1. The van der Waals surface area contributed by atoms with Crippen LogP contribution in [0.25, 0.3) is 0 Å². The Bertz CT molecular complexity index is 848. The molecule has 4 fully saturated rings. The summed E-state index contributed by atoms with van der Waals surface area (Å²) in [7, 11) is 0. The fraction of sp³-hybridized carbons (Fsp3) is 0.458. The molecule has 3 heteroatoms. The van der Waals surface area contributed by atoms with Crippen LogP contribution in [0.3, 0.4) is 0 Å². The molecule has 2 aromatic carbocycles. The third-order valence-corrected chi connectivity index (χ3v) is 7.90. The molecule has 4 saturated carbocycles. The first-order chi connectivity index (χ1) is 13.0. The second-order valence-electron chi connectivity index (χ2n) is 9.17. The van der Waals surface area contributed by atoms with E-state index < -0.39 is 0 Å². The fourth-order valence-corrected chi connectivity index (χ4v) is 7.74. The Morgan fingerprint density at radius 2 is 1.63 bits per heavy atom. The van der Waals surface area contributed by atoms with Crippen LogP contribution < -0.4 is 5.32 Å². The van der Waals surface area contributed by atoms with E-state index in [0.717, 1.165) is 43.2 Å². The average molecular weight is 424 g/mol.